The van der Waals surface area contributed by atoms with Crippen molar-refractivity contribution in [3.63, 3.8) is 0 Å². The highest BCUT2D eigenvalue weighted by Gasteiger charge is 2.41. The quantitative estimate of drug-likeness (QED) is 0.388. The second kappa shape index (κ2) is 11.1. The Bertz CT molecular complexity index is 1400. The number of hydrogen-bond donors (Lipinski definition) is 1. The SMILES string of the molecule is Cc1cc(COc2c(C)cccc2-c2csc(N3CC[C@@](C)(C(=O)O)C3)n2)cc2c1CN(C1CCOCC1)CC2. The number of fused-ring (bicyclic) bond motifs is 1. The van der Waals surface area contributed by atoms with Crippen molar-refractivity contribution in [2.24, 2.45) is 5.41 Å². The molecule has 3 aliphatic heterocycles. The van der Waals surface area contributed by atoms with E-state index in [0.29, 0.717) is 32.2 Å². The number of hydrogen-bond acceptors (Lipinski definition) is 7. The first-order chi connectivity index (χ1) is 19.3. The first kappa shape index (κ1) is 27.2. The molecule has 0 unspecified atom stereocenters. The Hall–Kier alpha value is -2.94. The van der Waals surface area contributed by atoms with Crippen LogP contribution in [0.2, 0.25) is 0 Å². The normalized spacial score (nSPS) is 21.9. The van der Waals surface area contributed by atoms with E-state index in [1.54, 1.807) is 11.3 Å². The maximum absolute atomic E-state index is 11.7. The number of carbonyl (C=O) groups is 1. The van der Waals surface area contributed by atoms with E-state index in [4.69, 9.17) is 14.5 Å². The van der Waals surface area contributed by atoms with Gasteiger partial charge in [0.1, 0.15) is 12.4 Å². The molecular formula is C32H39N3O4S. The van der Waals surface area contributed by atoms with Crippen LogP contribution in [0.4, 0.5) is 5.13 Å². The summed E-state index contributed by atoms with van der Waals surface area (Å²) in [5.41, 5.74) is 7.69. The van der Waals surface area contributed by atoms with Crippen LogP contribution in [0.5, 0.6) is 5.75 Å². The number of carboxylic acids is 1. The van der Waals surface area contributed by atoms with Gasteiger partial charge in [-0.05, 0) is 80.3 Å². The molecule has 1 aromatic heterocycles. The van der Waals surface area contributed by atoms with Crippen LogP contribution in [0, 0.1) is 19.3 Å². The standard InChI is InChI=1S/C32H39N3O4S/c1-21-5-4-6-26(28-19-40-31(33-28)35-12-10-32(3,20-35)30(36)37)29(21)39-18-23-15-22(2)27-17-34(11-7-24(27)16-23)25-8-13-38-14-9-25/h4-6,15-16,19,25H,7-14,17-18,20H2,1-3H3,(H,36,37)/t32-/m1/s1. The van der Waals surface area contributed by atoms with Gasteiger partial charge in [0, 0.05) is 56.4 Å². The number of rotatable bonds is 7. The smallest absolute Gasteiger partial charge is 0.311 e. The molecule has 1 N–H and O–H groups in total. The van der Waals surface area contributed by atoms with E-state index >= 15 is 0 Å². The van der Waals surface area contributed by atoms with E-state index < -0.39 is 11.4 Å². The second-order valence-electron chi connectivity index (χ2n) is 11.9. The van der Waals surface area contributed by atoms with Crippen molar-refractivity contribution in [1.29, 1.82) is 0 Å². The molecule has 0 spiro atoms. The largest absolute Gasteiger partial charge is 0.488 e. The van der Waals surface area contributed by atoms with E-state index in [-0.39, 0.29) is 0 Å². The predicted octanol–water partition coefficient (Wildman–Crippen LogP) is 5.84. The molecule has 8 heteroatoms. The molecule has 0 aliphatic carbocycles. The van der Waals surface area contributed by atoms with Crippen LogP contribution in [0.25, 0.3) is 11.3 Å². The van der Waals surface area contributed by atoms with Crippen LogP contribution in [-0.2, 0) is 29.1 Å². The van der Waals surface area contributed by atoms with Crippen LogP contribution in [0.3, 0.4) is 0 Å². The van der Waals surface area contributed by atoms with Gasteiger partial charge in [-0.2, -0.15) is 0 Å². The fourth-order valence-electron chi connectivity index (χ4n) is 6.45. The summed E-state index contributed by atoms with van der Waals surface area (Å²) < 4.78 is 12.1. The minimum absolute atomic E-state index is 0.483. The summed E-state index contributed by atoms with van der Waals surface area (Å²) >= 11 is 1.57. The van der Waals surface area contributed by atoms with Crippen LogP contribution in [0.15, 0.2) is 35.7 Å². The molecule has 1 atom stereocenters. The van der Waals surface area contributed by atoms with Crippen molar-refractivity contribution < 1.29 is 19.4 Å². The molecule has 3 aliphatic rings. The van der Waals surface area contributed by atoms with Crippen molar-refractivity contribution >= 4 is 22.4 Å². The summed E-state index contributed by atoms with van der Waals surface area (Å²) in [4.78, 5) is 21.4. The Morgan fingerprint density at radius 1 is 1.20 bits per heavy atom. The van der Waals surface area contributed by atoms with Crippen molar-refractivity contribution in [3.05, 3.63) is 63.5 Å². The van der Waals surface area contributed by atoms with E-state index in [1.807, 2.05) is 13.0 Å². The number of benzene rings is 2. The fraction of sp³-hybridized carbons (Fsp3) is 0.500. The zero-order valence-corrected chi connectivity index (χ0v) is 24.6. The Kier molecular flexibility index (Phi) is 7.59. The average Bonchev–Trinajstić information content (AvgIpc) is 3.61. The molecule has 2 saturated heterocycles. The summed E-state index contributed by atoms with van der Waals surface area (Å²) in [6, 6.07) is 11.5. The van der Waals surface area contributed by atoms with E-state index in [0.717, 1.165) is 73.3 Å². The lowest BCUT2D eigenvalue weighted by molar-refractivity contribution is -0.146. The summed E-state index contributed by atoms with van der Waals surface area (Å²) in [5.74, 6) is 0.118. The molecule has 2 fully saturated rings. The maximum Gasteiger partial charge on any atom is 0.311 e. The summed E-state index contributed by atoms with van der Waals surface area (Å²) in [5, 5.41) is 12.5. The molecule has 0 saturated carbocycles. The van der Waals surface area contributed by atoms with Gasteiger partial charge in [-0.25, -0.2) is 4.98 Å². The number of aliphatic carboxylic acids is 1. The topological polar surface area (TPSA) is 75.1 Å². The van der Waals surface area contributed by atoms with Gasteiger partial charge in [-0.1, -0.05) is 24.3 Å². The number of anilines is 1. The van der Waals surface area contributed by atoms with Gasteiger partial charge in [0.2, 0.25) is 0 Å². The molecule has 0 amide bonds. The molecule has 6 rings (SSSR count). The lowest BCUT2D eigenvalue weighted by atomic mass is 9.90. The molecule has 0 radical (unpaired) electrons. The van der Waals surface area contributed by atoms with Crippen LogP contribution < -0.4 is 9.64 Å². The third-order valence-electron chi connectivity index (χ3n) is 8.99. The molecule has 40 heavy (non-hydrogen) atoms. The molecule has 4 heterocycles. The summed E-state index contributed by atoms with van der Waals surface area (Å²) in [6.07, 6.45) is 3.98. The van der Waals surface area contributed by atoms with Crippen molar-refractivity contribution in [2.75, 3.05) is 37.7 Å². The van der Waals surface area contributed by atoms with Gasteiger partial charge >= 0.3 is 5.97 Å². The van der Waals surface area contributed by atoms with Gasteiger partial charge in [-0.3, -0.25) is 9.69 Å². The Morgan fingerprint density at radius 2 is 2.02 bits per heavy atom. The van der Waals surface area contributed by atoms with Gasteiger partial charge in [0.05, 0.1) is 11.1 Å². The first-order valence-electron chi connectivity index (χ1n) is 14.4. The maximum atomic E-state index is 11.7. The summed E-state index contributed by atoms with van der Waals surface area (Å²) in [6.45, 7) is 11.7. The number of carboxylic acid groups (broad SMARTS) is 1. The van der Waals surface area contributed by atoms with Gasteiger partial charge in [-0.15, -0.1) is 11.3 Å². The molecule has 7 nitrogen and oxygen atoms in total. The van der Waals surface area contributed by atoms with Crippen molar-refractivity contribution in [2.45, 2.75) is 65.6 Å². The van der Waals surface area contributed by atoms with E-state index in [2.05, 4.69) is 53.3 Å². The molecule has 212 valence electrons. The monoisotopic (exact) mass is 561 g/mol. The molecular weight excluding hydrogens is 522 g/mol. The Balaban J connectivity index is 1.17. The third-order valence-corrected chi connectivity index (χ3v) is 9.89. The number of para-hydroxylation sites is 1. The zero-order valence-electron chi connectivity index (χ0n) is 23.7. The number of aromatic nitrogens is 1. The first-order valence-corrected chi connectivity index (χ1v) is 15.3. The van der Waals surface area contributed by atoms with E-state index in [9.17, 15) is 9.90 Å². The minimum atomic E-state index is -0.741. The van der Waals surface area contributed by atoms with Crippen LogP contribution in [-0.4, -0.2) is 59.8 Å². The van der Waals surface area contributed by atoms with Crippen molar-refractivity contribution in [3.8, 4) is 17.0 Å². The zero-order chi connectivity index (χ0) is 27.9. The lowest BCUT2D eigenvalue weighted by Crippen LogP contribution is -2.42. The number of ether oxygens (including phenoxy) is 2. The highest BCUT2D eigenvalue weighted by atomic mass is 32.1. The van der Waals surface area contributed by atoms with Gasteiger partial charge < -0.3 is 19.5 Å². The highest BCUT2D eigenvalue weighted by molar-refractivity contribution is 7.14. The molecule has 2 aromatic carbocycles. The van der Waals surface area contributed by atoms with Crippen molar-refractivity contribution in [1.82, 2.24) is 9.88 Å². The minimum Gasteiger partial charge on any atom is -0.488 e. The third kappa shape index (κ3) is 5.37. The Labute approximate surface area is 240 Å². The van der Waals surface area contributed by atoms with E-state index in [1.165, 1.54) is 22.3 Å². The fourth-order valence-corrected chi connectivity index (χ4v) is 7.30. The number of thiazole rings is 1. The lowest BCUT2D eigenvalue weighted by Gasteiger charge is -2.38. The van der Waals surface area contributed by atoms with Crippen LogP contribution in [0.1, 0.15) is 54.0 Å². The Morgan fingerprint density at radius 3 is 2.80 bits per heavy atom. The highest BCUT2D eigenvalue weighted by Crippen LogP contribution is 2.39. The molecule has 3 aromatic rings. The molecule has 0 bridgehead atoms. The number of nitrogens with zero attached hydrogens (tertiary/aromatic N) is 3. The summed E-state index contributed by atoms with van der Waals surface area (Å²) in [7, 11) is 0. The van der Waals surface area contributed by atoms with Gasteiger partial charge in [0.25, 0.3) is 0 Å². The number of aryl methyl sites for hydroxylation is 2. The van der Waals surface area contributed by atoms with Crippen LogP contribution >= 0.6 is 11.3 Å². The average molecular weight is 562 g/mol. The second-order valence-corrected chi connectivity index (χ2v) is 12.7. The van der Waals surface area contributed by atoms with Gasteiger partial charge in [0.15, 0.2) is 5.13 Å². The predicted molar refractivity (Wildman–Crippen MR) is 158 cm³/mol.